The Morgan fingerprint density at radius 1 is 0.885 bits per heavy atom. The first kappa shape index (κ1) is 16.2. The van der Waals surface area contributed by atoms with Crippen molar-refractivity contribution in [3.05, 3.63) is 82.7 Å². The number of oxime groups is 1. The van der Waals surface area contributed by atoms with Crippen molar-refractivity contribution >= 4 is 27.5 Å². The summed E-state index contributed by atoms with van der Waals surface area (Å²) in [6.45, 7) is 6.15. The highest BCUT2D eigenvalue weighted by molar-refractivity contribution is 6.23. The normalized spacial score (nSPS) is 12.0. The van der Waals surface area contributed by atoms with Gasteiger partial charge in [0.05, 0.1) is 11.0 Å². The monoisotopic (exact) mass is 341 g/mol. The van der Waals surface area contributed by atoms with E-state index in [1.807, 2.05) is 44.2 Å². The zero-order chi connectivity index (χ0) is 18.3. The van der Waals surface area contributed by atoms with Gasteiger partial charge in [-0.1, -0.05) is 28.9 Å². The van der Waals surface area contributed by atoms with Crippen LogP contribution in [0.3, 0.4) is 0 Å². The molecule has 128 valence electrons. The lowest BCUT2D eigenvalue weighted by molar-refractivity contribution is 0.319. The molecule has 2 aromatic heterocycles. The zero-order valence-electron chi connectivity index (χ0n) is 15.0. The van der Waals surface area contributed by atoms with Gasteiger partial charge in [0, 0.05) is 34.3 Å². The minimum Gasteiger partial charge on any atom is -0.410 e. The molecular formula is C22H19N3O. The Hall–Kier alpha value is -3.27. The average molecular weight is 341 g/mol. The van der Waals surface area contributed by atoms with Gasteiger partial charge in [-0.25, -0.2) is 0 Å². The highest BCUT2D eigenvalue weighted by Crippen LogP contribution is 2.29. The van der Waals surface area contributed by atoms with E-state index in [0.29, 0.717) is 5.71 Å². The van der Waals surface area contributed by atoms with Gasteiger partial charge in [0.2, 0.25) is 0 Å². The predicted octanol–water partition coefficient (Wildman–Crippen LogP) is 4.93. The third-order valence-electron chi connectivity index (χ3n) is 4.73. The number of aryl methyl sites for hydroxylation is 3. The molecule has 0 saturated carbocycles. The molecule has 0 aliphatic carbocycles. The smallest absolute Gasteiger partial charge is 0.119 e. The van der Waals surface area contributed by atoms with Gasteiger partial charge in [-0.05, 0) is 56.2 Å². The van der Waals surface area contributed by atoms with Gasteiger partial charge < -0.3 is 5.21 Å². The predicted molar refractivity (Wildman–Crippen MR) is 105 cm³/mol. The molecule has 4 heteroatoms. The minimum atomic E-state index is 0.537. The molecule has 0 amide bonds. The highest BCUT2D eigenvalue weighted by Gasteiger charge is 2.19. The van der Waals surface area contributed by atoms with Gasteiger partial charge >= 0.3 is 0 Å². The Morgan fingerprint density at radius 2 is 1.54 bits per heavy atom. The first-order chi connectivity index (χ1) is 12.6. The summed E-state index contributed by atoms with van der Waals surface area (Å²) in [5.74, 6) is 0. The Kier molecular flexibility index (Phi) is 3.88. The summed E-state index contributed by atoms with van der Waals surface area (Å²) in [7, 11) is 0. The van der Waals surface area contributed by atoms with Crippen molar-refractivity contribution < 1.29 is 5.21 Å². The molecule has 0 radical (unpaired) electrons. The number of benzene rings is 2. The van der Waals surface area contributed by atoms with E-state index in [1.54, 1.807) is 12.4 Å². The summed E-state index contributed by atoms with van der Waals surface area (Å²) >= 11 is 0. The quantitative estimate of drug-likeness (QED) is 0.243. The molecule has 0 aliphatic heterocycles. The molecule has 0 atom stereocenters. The molecule has 1 N–H and O–H groups in total. The summed E-state index contributed by atoms with van der Waals surface area (Å²) in [5, 5.41) is 15.6. The van der Waals surface area contributed by atoms with Gasteiger partial charge in [0.1, 0.15) is 5.71 Å². The third-order valence-corrected chi connectivity index (χ3v) is 4.73. The van der Waals surface area contributed by atoms with Crippen LogP contribution in [-0.4, -0.2) is 20.9 Å². The van der Waals surface area contributed by atoms with Crippen molar-refractivity contribution in [1.29, 1.82) is 0 Å². The van der Waals surface area contributed by atoms with Gasteiger partial charge in [-0.2, -0.15) is 0 Å². The molecule has 0 aliphatic rings. The second kappa shape index (κ2) is 6.23. The molecule has 0 spiro atoms. The van der Waals surface area contributed by atoms with Gasteiger partial charge in [-0.3, -0.25) is 9.97 Å². The van der Waals surface area contributed by atoms with Crippen LogP contribution in [-0.2, 0) is 0 Å². The fourth-order valence-electron chi connectivity index (χ4n) is 3.77. The summed E-state index contributed by atoms with van der Waals surface area (Å²) in [6.07, 6.45) is 3.54. The van der Waals surface area contributed by atoms with E-state index in [4.69, 9.17) is 0 Å². The molecule has 0 bridgehead atoms. The molecule has 0 fully saturated rings. The first-order valence-electron chi connectivity index (χ1n) is 8.53. The number of aromatic nitrogens is 2. The van der Waals surface area contributed by atoms with Crippen LogP contribution in [0.2, 0.25) is 0 Å². The van der Waals surface area contributed by atoms with Crippen LogP contribution in [0.25, 0.3) is 21.8 Å². The number of nitrogens with zero attached hydrogens (tertiary/aromatic N) is 3. The maximum Gasteiger partial charge on any atom is 0.119 e. The largest absolute Gasteiger partial charge is 0.410 e. The van der Waals surface area contributed by atoms with E-state index >= 15 is 0 Å². The van der Waals surface area contributed by atoms with Crippen LogP contribution >= 0.6 is 0 Å². The number of hydrogen-bond donors (Lipinski definition) is 1. The Labute approximate surface area is 151 Å². The van der Waals surface area contributed by atoms with Crippen LogP contribution < -0.4 is 0 Å². The molecule has 4 aromatic rings. The van der Waals surface area contributed by atoms with E-state index in [1.165, 1.54) is 5.56 Å². The molecule has 0 unspecified atom stereocenters. The summed E-state index contributed by atoms with van der Waals surface area (Å²) < 4.78 is 0. The van der Waals surface area contributed by atoms with Crippen LogP contribution in [0.15, 0.2) is 60.0 Å². The lowest BCUT2D eigenvalue weighted by Crippen LogP contribution is -2.10. The lowest BCUT2D eigenvalue weighted by Gasteiger charge is -2.15. The van der Waals surface area contributed by atoms with Crippen LogP contribution in [0, 0.1) is 20.8 Å². The average Bonchev–Trinajstić information content (AvgIpc) is 2.64. The van der Waals surface area contributed by atoms with Crippen molar-refractivity contribution in [2.45, 2.75) is 20.8 Å². The fraction of sp³-hybridized carbons (Fsp3) is 0.136. The van der Waals surface area contributed by atoms with Gasteiger partial charge in [0.15, 0.2) is 0 Å². The Balaban J connectivity index is 2.10. The van der Waals surface area contributed by atoms with Gasteiger partial charge in [0.25, 0.3) is 0 Å². The van der Waals surface area contributed by atoms with Crippen LogP contribution in [0.5, 0.6) is 0 Å². The number of fused-ring (bicyclic) bond motifs is 3. The maximum absolute atomic E-state index is 9.93. The maximum atomic E-state index is 9.93. The summed E-state index contributed by atoms with van der Waals surface area (Å²) in [5.41, 5.74) is 7.30. The molecule has 26 heavy (non-hydrogen) atoms. The topological polar surface area (TPSA) is 58.4 Å². The van der Waals surface area contributed by atoms with Gasteiger partial charge in [-0.15, -0.1) is 0 Å². The lowest BCUT2D eigenvalue weighted by atomic mass is 9.90. The number of rotatable bonds is 2. The third kappa shape index (κ3) is 2.51. The van der Waals surface area contributed by atoms with Crippen LogP contribution in [0.1, 0.15) is 27.8 Å². The first-order valence-corrected chi connectivity index (χ1v) is 8.53. The molecule has 4 rings (SSSR count). The second-order valence-corrected chi connectivity index (χ2v) is 6.62. The van der Waals surface area contributed by atoms with E-state index < -0.39 is 0 Å². The Bertz CT molecular complexity index is 1160. The minimum absolute atomic E-state index is 0.537. The molecule has 0 saturated heterocycles. The fourth-order valence-corrected chi connectivity index (χ4v) is 3.77. The van der Waals surface area contributed by atoms with Crippen molar-refractivity contribution in [2.75, 3.05) is 0 Å². The second-order valence-electron chi connectivity index (χ2n) is 6.62. The molecule has 2 aromatic carbocycles. The van der Waals surface area contributed by atoms with Crippen LogP contribution in [0.4, 0.5) is 0 Å². The molecular weight excluding hydrogens is 322 g/mol. The van der Waals surface area contributed by atoms with E-state index in [9.17, 15) is 5.21 Å². The van der Waals surface area contributed by atoms with E-state index in [-0.39, 0.29) is 0 Å². The van der Waals surface area contributed by atoms with Crippen molar-refractivity contribution in [2.24, 2.45) is 5.16 Å². The van der Waals surface area contributed by atoms with E-state index in [2.05, 4.69) is 34.2 Å². The summed E-state index contributed by atoms with van der Waals surface area (Å²) in [6, 6.07) is 14.0. The molecule has 2 heterocycles. The SMILES string of the molecule is Cc1cc(C)c(/C(=N/O)c2cc3cccnc3c3cccnc23)c(C)c1. The summed E-state index contributed by atoms with van der Waals surface area (Å²) in [4.78, 5) is 9.08. The zero-order valence-corrected chi connectivity index (χ0v) is 15.0. The van der Waals surface area contributed by atoms with Crippen molar-refractivity contribution in [3.8, 4) is 0 Å². The highest BCUT2D eigenvalue weighted by atomic mass is 16.4. The number of pyridine rings is 2. The molecule has 4 nitrogen and oxygen atoms in total. The van der Waals surface area contributed by atoms with Crippen molar-refractivity contribution in [1.82, 2.24) is 9.97 Å². The Morgan fingerprint density at radius 3 is 2.23 bits per heavy atom. The number of hydrogen-bond acceptors (Lipinski definition) is 4. The van der Waals surface area contributed by atoms with E-state index in [0.717, 1.165) is 44.1 Å². The standard InChI is InChI=1S/C22H19N3O/c1-13-10-14(2)19(15(3)11-13)22(25-26)18-12-16-6-4-8-23-20(16)17-7-5-9-24-21(17)18/h4-12,26H,1-3H3/b25-22+. The van der Waals surface area contributed by atoms with Crippen molar-refractivity contribution in [3.63, 3.8) is 0 Å².